The number of nitrogens with one attached hydrogen (secondary N) is 2. The number of amides is 2. The fourth-order valence-corrected chi connectivity index (χ4v) is 1.65. The molecule has 0 unspecified atom stereocenters. The van der Waals surface area contributed by atoms with Gasteiger partial charge in [-0.25, -0.2) is 9.97 Å². The summed E-state index contributed by atoms with van der Waals surface area (Å²) in [7, 11) is 0. The van der Waals surface area contributed by atoms with E-state index in [4.69, 9.17) is 23.2 Å². The third kappa shape index (κ3) is 3.43. The zero-order chi connectivity index (χ0) is 14.5. The van der Waals surface area contributed by atoms with E-state index < -0.39 is 11.8 Å². The number of pyridine rings is 2. The van der Waals surface area contributed by atoms with Gasteiger partial charge < -0.3 is 10.6 Å². The van der Waals surface area contributed by atoms with E-state index in [9.17, 15) is 9.59 Å². The molecule has 0 spiro atoms. The maximum absolute atomic E-state index is 11.7. The summed E-state index contributed by atoms with van der Waals surface area (Å²) in [4.78, 5) is 31.0. The molecule has 2 amide bonds. The molecule has 2 aromatic heterocycles. The van der Waals surface area contributed by atoms with Crippen molar-refractivity contribution < 1.29 is 9.59 Å². The average molecular weight is 311 g/mol. The number of halogens is 2. The lowest BCUT2D eigenvalue weighted by Gasteiger charge is -2.07. The van der Waals surface area contributed by atoms with Gasteiger partial charge in [0.1, 0.15) is 0 Å². The Bertz CT molecular complexity index is 606. The number of carbonyl (C=O) groups excluding carboxylic acids is 2. The summed E-state index contributed by atoms with van der Waals surface area (Å²) in [5, 5.41) is 4.86. The molecule has 0 fully saturated rings. The maximum Gasteiger partial charge on any atom is 0.314 e. The minimum Gasteiger partial charge on any atom is -0.315 e. The molecule has 0 aliphatic heterocycles. The van der Waals surface area contributed by atoms with Gasteiger partial charge in [-0.1, -0.05) is 23.2 Å². The molecule has 0 aromatic carbocycles. The van der Waals surface area contributed by atoms with E-state index in [1.807, 2.05) is 0 Å². The minimum absolute atomic E-state index is 0.0908. The number of anilines is 2. The molecule has 0 bridgehead atoms. The monoisotopic (exact) mass is 310 g/mol. The first-order valence-corrected chi connectivity index (χ1v) is 6.17. The predicted molar refractivity (Wildman–Crippen MR) is 75.8 cm³/mol. The van der Waals surface area contributed by atoms with Crippen LogP contribution in [-0.4, -0.2) is 21.8 Å². The number of rotatable bonds is 2. The molecule has 6 nitrogen and oxygen atoms in total. The highest BCUT2D eigenvalue weighted by Crippen LogP contribution is 2.19. The molecule has 0 aliphatic carbocycles. The van der Waals surface area contributed by atoms with Crippen molar-refractivity contribution in [3.05, 3.63) is 47.0 Å². The van der Waals surface area contributed by atoms with E-state index in [0.29, 0.717) is 0 Å². The zero-order valence-electron chi connectivity index (χ0n) is 9.93. The van der Waals surface area contributed by atoms with Crippen LogP contribution in [0.25, 0.3) is 0 Å². The third-order valence-corrected chi connectivity index (χ3v) is 2.82. The van der Waals surface area contributed by atoms with E-state index in [1.165, 1.54) is 24.5 Å². The van der Waals surface area contributed by atoms with Gasteiger partial charge >= 0.3 is 11.8 Å². The SMILES string of the molecule is O=C(Nc1cccnc1Cl)C(=O)Nc1cccnc1Cl. The second kappa shape index (κ2) is 6.31. The van der Waals surface area contributed by atoms with Crippen molar-refractivity contribution in [3.8, 4) is 0 Å². The summed E-state index contributed by atoms with van der Waals surface area (Å²) in [6, 6.07) is 6.21. The molecule has 20 heavy (non-hydrogen) atoms. The number of hydrogen-bond acceptors (Lipinski definition) is 4. The molecule has 0 radical (unpaired) electrons. The Kier molecular flexibility index (Phi) is 4.49. The second-order valence-electron chi connectivity index (χ2n) is 3.59. The van der Waals surface area contributed by atoms with Crippen LogP contribution in [0.3, 0.4) is 0 Å². The average Bonchev–Trinajstić information content (AvgIpc) is 2.43. The van der Waals surface area contributed by atoms with Gasteiger partial charge in [0, 0.05) is 12.4 Å². The molecule has 8 heteroatoms. The van der Waals surface area contributed by atoms with E-state index in [1.54, 1.807) is 12.1 Å². The van der Waals surface area contributed by atoms with Gasteiger partial charge in [0.2, 0.25) is 0 Å². The first-order valence-electron chi connectivity index (χ1n) is 5.41. The summed E-state index contributed by atoms with van der Waals surface area (Å²) in [5.74, 6) is -1.78. The molecule has 0 aliphatic rings. The van der Waals surface area contributed by atoms with Crippen molar-refractivity contribution in [1.82, 2.24) is 9.97 Å². The van der Waals surface area contributed by atoms with Crippen LogP contribution in [0.4, 0.5) is 11.4 Å². The van der Waals surface area contributed by atoms with Crippen LogP contribution in [0.5, 0.6) is 0 Å². The first-order chi connectivity index (χ1) is 9.58. The van der Waals surface area contributed by atoms with Crippen molar-refractivity contribution in [2.75, 3.05) is 10.6 Å². The zero-order valence-corrected chi connectivity index (χ0v) is 11.4. The van der Waals surface area contributed by atoms with Crippen LogP contribution in [0.1, 0.15) is 0 Å². The second-order valence-corrected chi connectivity index (χ2v) is 4.31. The number of hydrogen-bond donors (Lipinski definition) is 2. The Balaban J connectivity index is 2.05. The van der Waals surface area contributed by atoms with Gasteiger partial charge in [-0.15, -0.1) is 0 Å². The van der Waals surface area contributed by atoms with E-state index in [2.05, 4.69) is 20.6 Å². The van der Waals surface area contributed by atoms with Gasteiger partial charge in [-0.05, 0) is 24.3 Å². The quantitative estimate of drug-likeness (QED) is 0.659. The van der Waals surface area contributed by atoms with Gasteiger partial charge in [0.25, 0.3) is 0 Å². The number of aromatic nitrogens is 2. The molecule has 102 valence electrons. The van der Waals surface area contributed by atoms with E-state index >= 15 is 0 Å². The van der Waals surface area contributed by atoms with Crippen LogP contribution in [0.15, 0.2) is 36.7 Å². The van der Waals surface area contributed by atoms with Gasteiger partial charge in [-0.3, -0.25) is 9.59 Å². The Morgan fingerprint density at radius 2 is 1.25 bits per heavy atom. The lowest BCUT2D eigenvalue weighted by Crippen LogP contribution is -2.29. The fourth-order valence-electron chi connectivity index (χ4n) is 1.32. The summed E-state index contributed by atoms with van der Waals surface area (Å²) in [6.45, 7) is 0. The van der Waals surface area contributed by atoms with Crippen molar-refractivity contribution >= 4 is 46.4 Å². The Morgan fingerprint density at radius 1 is 0.850 bits per heavy atom. The Morgan fingerprint density at radius 3 is 1.60 bits per heavy atom. The molecular weight excluding hydrogens is 303 g/mol. The van der Waals surface area contributed by atoms with Crippen molar-refractivity contribution in [2.45, 2.75) is 0 Å². The van der Waals surface area contributed by atoms with Crippen molar-refractivity contribution in [3.63, 3.8) is 0 Å². The summed E-state index contributed by atoms with van der Waals surface area (Å²) < 4.78 is 0. The van der Waals surface area contributed by atoms with Crippen LogP contribution in [0.2, 0.25) is 10.3 Å². The topological polar surface area (TPSA) is 84.0 Å². The Labute approximate surface area is 124 Å². The Hall–Kier alpha value is -2.18. The lowest BCUT2D eigenvalue weighted by atomic mass is 10.4. The standard InChI is InChI=1S/C12H8Cl2N4O2/c13-9-7(3-1-5-15-9)17-11(19)12(20)18-8-4-2-6-16-10(8)14/h1-6H,(H,17,19)(H,18,20). The molecule has 0 saturated carbocycles. The summed E-state index contributed by atoms with van der Waals surface area (Å²) in [5.41, 5.74) is 0.484. The highest BCUT2D eigenvalue weighted by Gasteiger charge is 2.16. The highest BCUT2D eigenvalue weighted by atomic mass is 35.5. The van der Waals surface area contributed by atoms with Crippen LogP contribution in [-0.2, 0) is 9.59 Å². The minimum atomic E-state index is -0.889. The molecule has 0 atom stereocenters. The molecule has 0 saturated heterocycles. The molecule has 2 rings (SSSR count). The van der Waals surface area contributed by atoms with E-state index in [0.717, 1.165) is 0 Å². The van der Waals surface area contributed by atoms with E-state index in [-0.39, 0.29) is 21.7 Å². The van der Waals surface area contributed by atoms with Crippen LogP contribution < -0.4 is 10.6 Å². The highest BCUT2D eigenvalue weighted by molar-refractivity contribution is 6.45. The fraction of sp³-hybridized carbons (Fsp3) is 0. The maximum atomic E-state index is 11.7. The van der Waals surface area contributed by atoms with Crippen LogP contribution >= 0.6 is 23.2 Å². The molecule has 2 heterocycles. The van der Waals surface area contributed by atoms with Gasteiger partial charge in [0.05, 0.1) is 11.4 Å². The van der Waals surface area contributed by atoms with Gasteiger partial charge in [0.15, 0.2) is 10.3 Å². The molecular formula is C12H8Cl2N4O2. The van der Waals surface area contributed by atoms with Crippen molar-refractivity contribution in [1.29, 1.82) is 0 Å². The van der Waals surface area contributed by atoms with Gasteiger partial charge in [-0.2, -0.15) is 0 Å². The largest absolute Gasteiger partial charge is 0.315 e. The smallest absolute Gasteiger partial charge is 0.314 e. The normalized spacial score (nSPS) is 9.90. The van der Waals surface area contributed by atoms with Crippen LogP contribution in [0, 0.1) is 0 Å². The number of carbonyl (C=O) groups is 2. The third-order valence-electron chi connectivity index (χ3n) is 2.22. The first kappa shape index (κ1) is 14.2. The molecule has 2 N–H and O–H groups in total. The van der Waals surface area contributed by atoms with Crippen molar-refractivity contribution in [2.24, 2.45) is 0 Å². The number of nitrogens with zero attached hydrogens (tertiary/aromatic N) is 2. The predicted octanol–water partition coefficient (Wildman–Crippen LogP) is 2.36. The molecule has 2 aromatic rings. The lowest BCUT2D eigenvalue weighted by molar-refractivity contribution is -0.133. The summed E-state index contributed by atoms with van der Waals surface area (Å²) >= 11 is 11.5. The summed E-state index contributed by atoms with van der Waals surface area (Å²) in [6.07, 6.45) is 2.93.